The molecule has 2 fully saturated rings. The Morgan fingerprint density at radius 3 is 2.39 bits per heavy atom. The molecule has 6 heteroatoms. The predicted molar refractivity (Wildman–Crippen MR) is 154 cm³/mol. The molecule has 1 saturated carbocycles. The fourth-order valence-corrected chi connectivity index (χ4v) is 6.34. The molecule has 1 aliphatic carbocycles. The molecule has 2 aliphatic rings. The Labute approximate surface area is 230 Å². The van der Waals surface area contributed by atoms with Crippen LogP contribution in [0.5, 0.6) is 0 Å². The minimum atomic E-state index is -0.217. The van der Waals surface area contributed by atoms with E-state index in [1.54, 1.807) is 12.1 Å². The summed E-state index contributed by atoms with van der Waals surface area (Å²) in [4.78, 5) is 15.5. The number of nitrogens with one attached hydrogen (secondary N) is 2. The number of anilines is 1. The first-order valence-corrected chi connectivity index (χ1v) is 14.1. The summed E-state index contributed by atoms with van der Waals surface area (Å²) in [6, 6.07) is 26.3. The van der Waals surface area contributed by atoms with Gasteiger partial charge in [0, 0.05) is 29.2 Å². The van der Waals surface area contributed by atoms with E-state index in [1.165, 1.54) is 31.2 Å². The molecule has 0 spiro atoms. The Balaban J connectivity index is 1.29. The lowest BCUT2D eigenvalue weighted by Gasteiger charge is -2.39. The summed E-state index contributed by atoms with van der Waals surface area (Å²) in [5, 5.41) is 15.9. The Morgan fingerprint density at radius 1 is 0.947 bits per heavy atom. The van der Waals surface area contributed by atoms with Crippen LogP contribution < -0.4 is 10.6 Å². The van der Waals surface area contributed by atoms with Crippen LogP contribution >= 0.6 is 11.6 Å². The number of nitriles is 1. The number of likely N-dealkylation sites (tertiary alicyclic amines) is 1. The number of rotatable bonds is 7. The van der Waals surface area contributed by atoms with Crippen molar-refractivity contribution < 1.29 is 4.79 Å². The molecule has 196 valence electrons. The first kappa shape index (κ1) is 26.3. The minimum Gasteiger partial charge on any atom is -0.337 e. The molecule has 0 aromatic heterocycles. The smallest absolute Gasteiger partial charge is 0.319 e. The first-order chi connectivity index (χ1) is 18.6. The van der Waals surface area contributed by atoms with Crippen molar-refractivity contribution in [2.45, 2.75) is 50.5 Å². The van der Waals surface area contributed by atoms with Crippen molar-refractivity contribution in [1.82, 2.24) is 10.2 Å². The number of piperidine rings is 1. The molecule has 3 aromatic carbocycles. The molecular weight excluding hydrogens is 492 g/mol. The van der Waals surface area contributed by atoms with E-state index in [0.29, 0.717) is 28.7 Å². The van der Waals surface area contributed by atoms with Crippen LogP contribution in [0.25, 0.3) is 11.1 Å². The quantitative estimate of drug-likeness (QED) is 0.336. The third-order valence-corrected chi connectivity index (χ3v) is 8.45. The molecule has 38 heavy (non-hydrogen) atoms. The standard InChI is InChI=1S/C32H35ClN4O/c33-28-7-4-8-29(20-28)36-32(38)35-22-31(26-15-17-37(18-16-26)30-9-1-2-10-30)25-13-11-24(12-14-25)27-6-3-5-23(19-27)21-34/h3-8,11-14,19-20,26,30-31H,1-2,9-10,15-18,22H2,(H2,35,36,38). The van der Waals surface area contributed by atoms with Crippen LogP contribution in [0.2, 0.25) is 5.02 Å². The van der Waals surface area contributed by atoms with Crippen LogP contribution in [0.15, 0.2) is 72.8 Å². The van der Waals surface area contributed by atoms with Crippen molar-refractivity contribution >= 4 is 23.3 Å². The SMILES string of the molecule is N#Cc1cccc(-c2ccc(C(CNC(=O)Nc3cccc(Cl)c3)C3CCN(C4CCCC4)CC3)cc2)c1. The average Bonchev–Trinajstić information content (AvgIpc) is 3.49. The maximum atomic E-state index is 12.8. The van der Waals surface area contributed by atoms with Gasteiger partial charge in [-0.15, -0.1) is 0 Å². The highest BCUT2D eigenvalue weighted by atomic mass is 35.5. The fourth-order valence-electron chi connectivity index (χ4n) is 6.15. The summed E-state index contributed by atoms with van der Waals surface area (Å²) in [6.07, 6.45) is 7.70. The van der Waals surface area contributed by atoms with Crippen LogP contribution in [0.3, 0.4) is 0 Å². The van der Waals surface area contributed by atoms with E-state index >= 15 is 0 Å². The van der Waals surface area contributed by atoms with Crippen LogP contribution in [0.1, 0.15) is 55.6 Å². The van der Waals surface area contributed by atoms with Crippen molar-refractivity contribution in [1.29, 1.82) is 5.26 Å². The highest BCUT2D eigenvalue weighted by molar-refractivity contribution is 6.30. The molecule has 1 unspecified atom stereocenters. The van der Waals surface area contributed by atoms with Gasteiger partial charge in [-0.1, -0.05) is 66.9 Å². The molecule has 5 nitrogen and oxygen atoms in total. The van der Waals surface area contributed by atoms with Gasteiger partial charge in [0.25, 0.3) is 0 Å². The number of amides is 2. The van der Waals surface area contributed by atoms with Gasteiger partial charge in [-0.05, 0) is 91.7 Å². The van der Waals surface area contributed by atoms with E-state index in [1.807, 2.05) is 36.4 Å². The summed E-state index contributed by atoms with van der Waals surface area (Å²) in [5.41, 5.74) is 4.71. The molecule has 2 N–H and O–H groups in total. The van der Waals surface area contributed by atoms with Gasteiger partial charge in [0.05, 0.1) is 11.6 Å². The number of carbonyl (C=O) groups is 1. The maximum absolute atomic E-state index is 12.8. The topological polar surface area (TPSA) is 68.2 Å². The number of hydrogen-bond donors (Lipinski definition) is 2. The van der Waals surface area contributed by atoms with E-state index in [4.69, 9.17) is 11.6 Å². The molecule has 3 aromatic rings. The van der Waals surface area contributed by atoms with E-state index in [2.05, 4.69) is 45.9 Å². The Hall–Kier alpha value is -3.33. The van der Waals surface area contributed by atoms with Crippen LogP contribution in [0.4, 0.5) is 10.5 Å². The zero-order chi connectivity index (χ0) is 26.3. The lowest BCUT2D eigenvalue weighted by molar-refractivity contribution is 0.123. The number of nitrogens with zero attached hydrogens (tertiary/aromatic N) is 2. The van der Waals surface area contributed by atoms with Gasteiger partial charge in [-0.2, -0.15) is 5.26 Å². The second-order valence-corrected chi connectivity index (χ2v) is 11.0. The summed E-state index contributed by atoms with van der Waals surface area (Å²) in [7, 11) is 0. The third kappa shape index (κ3) is 6.56. The van der Waals surface area contributed by atoms with Gasteiger partial charge < -0.3 is 15.5 Å². The highest BCUT2D eigenvalue weighted by Gasteiger charge is 2.31. The van der Waals surface area contributed by atoms with Crippen molar-refractivity contribution in [3.05, 3.63) is 88.9 Å². The van der Waals surface area contributed by atoms with Crippen LogP contribution in [0, 0.1) is 17.2 Å². The fraction of sp³-hybridized carbons (Fsp3) is 0.375. The van der Waals surface area contributed by atoms with Gasteiger partial charge in [-0.3, -0.25) is 0 Å². The highest BCUT2D eigenvalue weighted by Crippen LogP contribution is 2.36. The maximum Gasteiger partial charge on any atom is 0.319 e. The zero-order valence-corrected chi connectivity index (χ0v) is 22.5. The lowest BCUT2D eigenvalue weighted by atomic mass is 9.79. The van der Waals surface area contributed by atoms with E-state index in [0.717, 1.165) is 43.1 Å². The average molecular weight is 527 g/mol. The molecule has 1 heterocycles. The number of halogens is 1. The Bertz CT molecular complexity index is 1270. The molecule has 0 bridgehead atoms. The number of urea groups is 1. The van der Waals surface area contributed by atoms with Gasteiger partial charge in [0.15, 0.2) is 0 Å². The van der Waals surface area contributed by atoms with Crippen LogP contribution in [-0.4, -0.2) is 36.6 Å². The second kappa shape index (κ2) is 12.5. The normalized spacial score (nSPS) is 17.6. The summed E-state index contributed by atoms with van der Waals surface area (Å²) < 4.78 is 0. The predicted octanol–water partition coefficient (Wildman–Crippen LogP) is 7.44. The van der Waals surface area contributed by atoms with Crippen molar-refractivity contribution in [2.75, 3.05) is 25.0 Å². The molecule has 0 radical (unpaired) electrons. The monoisotopic (exact) mass is 526 g/mol. The second-order valence-electron chi connectivity index (χ2n) is 10.6. The summed E-state index contributed by atoms with van der Waals surface area (Å²) >= 11 is 6.08. The van der Waals surface area contributed by atoms with E-state index in [-0.39, 0.29) is 11.9 Å². The van der Waals surface area contributed by atoms with Gasteiger partial charge in [0.1, 0.15) is 0 Å². The molecule has 1 saturated heterocycles. The number of hydrogen-bond acceptors (Lipinski definition) is 3. The van der Waals surface area contributed by atoms with Crippen molar-refractivity contribution in [3.63, 3.8) is 0 Å². The molecule has 1 aliphatic heterocycles. The largest absolute Gasteiger partial charge is 0.337 e. The van der Waals surface area contributed by atoms with Gasteiger partial charge in [0.2, 0.25) is 0 Å². The first-order valence-electron chi connectivity index (χ1n) is 13.7. The zero-order valence-electron chi connectivity index (χ0n) is 21.7. The van der Waals surface area contributed by atoms with E-state index in [9.17, 15) is 10.1 Å². The lowest BCUT2D eigenvalue weighted by Crippen LogP contribution is -2.43. The Kier molecular flexibility index (Phi) is 8.63. The molecule has 1 atom stereocenters. The van der Waals surface area contributed by atoms with E-state index < -0.39 is 0 Å². The summed E-state index contributed by atoms with van der Waals surface area (Å²) in [6.45, 7) is 2.85. The van der Waals surface area contributed by atoms with Crippen LogP contribution in [-0.2, 0) is 0 Å². The number of benzene rings is 3. The van der Waals surface area contributed by atoms with Gasteiger partial charge >= 0.3 is 6.03 Å². The molecule has 2 amide bonds. The third-order valence-electron chi connectivity index (χ3n) is 8.21. The van der Waals surface area contributed by atoms with Crippen molar-refractivity contribution in [2.24, 2.45) is 5.92 Å². The van der Waals surface area contributed by atoms with Gasteiger partial charge in [-0.25, -0.2) is 4.79 Å². The summed E-state index contributed by atoms with van der Waals surface area (Å²) in [5.74, 6) is 0.734. The number of carbonyl (C=O) groups excluding carboxylic acids is 1. The minimum absolute atomic E-state index is 0.217. The molecular formula is C32H35ClN4O. The molecule has 5 rings (SSSR count). The Morgan fingerprint density at radius 2 is 1.68 bits per heavy atom. The van der Waals surface area contributed by atoms with Crippen molar-refractivity contribution in [3.8, 4) is 17.2 Å².